The molecule has 2 rings (SSSR count). The van der Waals surface area contributed by atoms with Crippen molar-refractivity contribution in [3.05, 3.63) is 40.9 Å². The molecule has 0 aliphatic carbocycles. The quantitative estimate of drug-likeness (QED) is 0.775. The third-order valence-corrected chi connectivity index (χ3v) is 2.54. The Morgan fingerprint density at radius 1 is 1.35 bits per heavy atom. The molecule has 0 atom stereocenters. The summed E-state index contributed by atoms with van der Waals surface area (Å²) in [5.74, 6) is -1.52. The summed E-state index contributed by atoms with van der Waals surface area (Å²) in [4.78, 5) is 26.2. The second kappa shape index (κ2) is 6.11. The highest BCUT2D eigenvalue weighted by molar-refractivity contribution is 6.29. The number of carboxylic acid groups (broad SMARTS) is 1. The topological polar surface area (TPSA) is 110 Å². The highest BCUT2D eigenvalue weighted by atomic mass is 35.5. The van der Waals surface area contributed by atoms with Gasteiger partial charge in [-0.3, -0.25) is 4.79 Å². The van der Waals surface area contributed by atoms with E-state index in [0.717, 1.165) is 0 Å². The van der Waals surface area contributed by atoms with E-state index >= 15 is 0 Å². The molecule has 0 aliphatic heterocycles. The Morgan fingerprint density at radius 3 is 2.80 bits per heavy atom. The summed E-state index contributed by atoms with van der Waals surface area (Å²) >= 11 is 5.68. The van der Waals surface area contributed by atoms with Crippen LogP contribution in [0.15, 0.2) is 24.4 Å². The molecule has 0 unspecified atom stereocenters. The number of nitrogens with one attached hydrogen (secondary N) is 1. The van der Waals surface area contributed by atoms with Gasteiger partial charge in [-0.25, -0.2) is 14.5 Å². The summed E-state index contributed by atoms with van der Waals surface area (Å²) in [6.07, 6.45) is 1.28. The molecule has 9 heteroatoms. The normalized spacial score (nSPS) is 10.2. The van der Waals surface area contributed by atoms with Crippen molar-refractivity contribution < 1.29 is 14.7 Å². The molecule has 0 spiro atoms. The Balaban J connectivity index is 1.86. The van der Waals surface area contributed by atoms with Gasteiger partial charge in [-0.15, -0.1) is 5.10 Å². The van der Waals surface area contributed by atoms with E-state index < -0.39 is 5.97 Å². The Kier molecular flexibility index (Phi) is 4.26. The number of aromatic carboxylic acids is 1. The maximum atomic E-state index is 11.7. The summed E-state index contributed by atoms with van der Waals surface area (Å²) in [5.41, 5.74) is 0.0650. The lowest BCUT2D eigenvalue weighted by atomic mass is 10.3. The van der Waals surface area contributed by atoms with Crippen molar-refractivity contribution in [2.24, 2.45) is 0 Å². The number of carboxylic acids is 1. The SMILES string of the molecule is O=C(O)c1cn(CCNC(=O)c2cccc(Cl)n2)nn1. The van der Waals surface area contributed by atoms with Crippen LogP contribution >= 0.6 is 11.6 Å². The first-order valence-electron chi connectivity index (χ1n) is 5.60. The molecule has 2 aromatic heterocycles. The molecule has 2 heterocycles. The first-order valence-corrected chi connectivity index (χ1v) is 5.98. The second-order valence-corrected chi connectivity index (χ2v) is 4.16. The van der Waals surface area contributed by atoms with Crippen LogP contribution in [-0.4, -0.2) is 43.5 Å². The molecule has 1 amide bonds. The third-order valence-electron chi connectivity index (χ3n) is 2.33. The highest BCUT2D eigenvalue weighted by Gasteiger charge is 2.09. The number of aromatic nitrogens is 4. The number of pyridine rings is 1. The minimum atomic E-state index is -1.15. The standard InChI is InChI=1S/C11H10ClN5O3/c12-9-3-1-2-7(14-9)10(18)13-4-5-17-6-8(11(19)20)15-16-17/h1-3,6H,4-5H2,(H,13,18)(H,19,20). The van der Waals surface area contributed by atoms with Gasteiger partial charge < -0.3 is 10.4 Å². The zero-order chi connectivity index (χ0) is 14.5. The zero-order valence-electron chi connectivity index (χ0n) is 10.2. The van der Waals surface area contributed by atoms with E-state index in [4.69, 9.17) is 16.7 Å². The van der Waals surface area contributed by atoms with Crippen molar-refractivity contribution in [3.8, 4) is 0 Å². The van der Waals surface area contributed by atoms with Crippen molar-refractivity contribution in [1.82, 2.24) is 25.3 Å². The number of hydrogen-bond donors (Lipinski definition) is 2. The Morgan fingerprint density at radius 2 is 2.15 bits per heavy atom. The van der Waals surface area contributed by atoms with Gasteiger partial charge in [0, 0.05) is 6.54 Å². The van der Waals surface area contributed by atoms with Gasteiger partial charge in [0.15, 0.2) is 5.69 Å². The number of rotatable bonds is 5. The summed E-state index contributed by atoms with van der Waals surface area (Å²) in [5, 5.41) is 18.6. The molecular formula is C11H10ClN5O3. The average Bonchev–Trinajstić information content (AvgIpc) is 2.87. The lowest BCUT2D eigenvalue weighted by Crippen LogP contribution is -2.28. The maximum absolute atomic E-state index is 11.7. The maximum Gasteiger partial charge on any atom is 0.358 e. The van der Waals surface area contributed by atoms with Crippen molar-refractivity contribution in [2.45, 2.75) is 6.54 Å². The van der Waals surface area contributed by atoms with E-state index in [1.54, 1.807) is 18.2 Å². The van der Waals surface area contributed by atoms with E-state index in [1.165, 1.54) is 10.9 Å². The molecule has 2 N–H and O–H groups in total. The van der Waals surface area contributed by atoms with Gasteiger partial charge in [-0.05, 0) is 12.1 Å². The fraction of sp³-hybridized carbons (Fsp3) is 0.182. The van der Waals surface area contributed by atoms with Crippen molar-refractivity contribution in [1.29, 1.82) is 0 Å². The predicted molar refractivity (Wildman–Crippen MR) is 68.6 cm³/mol. The second-order valence-electron chi connectivity index (χ2n) is 3.77. The third kappa shape index (κ3) is 3.51. The molecule has 20 heavy (non-hydrogen) atoms. The molecule has 0 aliphatic rings. The first-order chi connectivity index (χ1) is 9.56. The zero-order valence-corrected chi connectivity index (χ0v) is 10.9. The fourth-order valence-corrected chi connectivity index (χ4v) is 1.58. The highest BCUT2D eigenvalue weighted by Crippen LogP contribution is 2.04. The van der Waals surface area contributed by atoms with Gasteiger partial charge in [-0.1, -0.05) is 22.9 Å². The minimum absolute atomic E-state index is 0.146. The van der Waals surface area contributed by atoms with Gasteiger partial charge in [0.1, 0.15) is 10.8 Å². The minimum Gasteiger partial charge on any atom is -0.476 e. The number of hydrogen-bond acceptors (Lipinski definition) is 5. The van der Waals surface area contributed by atoms with Gasteiger partial charge in [-0.2, -0.15) is 0 Å². The van der Waals surface area contributed by atoms with Crippen LogP contribution in [-0.2, 0) is 6.54 Å². The van der Waals surface area contributed by atoms with Crippen LogP contribution in [0.5, 0.6) is 0 Å². The lowest BCUT2D eigenvalue weighted by Gasteiger charge is -2.04. The monoisotopic (exact) mass is 295 g/mol. The van der Waals surface area contributed by atoms with Crippen LogP contribution in [0.1, 0.15) is 21.0 Å². The predicted octanol–water partition coefficient (Wildman–Crippen LogP) is 0.455. The van der Waals surface area contributed by atoms with Crippen LogP contribution in [0.2, 0.25) is 5.15 Å². The Labute approximate surface area is 118 Å². The molecule has 0 saturated heterocycles. The van der Waals surface area contributed by atoms with E-state index in [9.17, 15) is 9.59 Å². The number of carbonyl (C=O) groups excluding carboxylic acids is 1. The summed E-state index contributed by atoms with van der Waals surface area (Å²) in [6, 6.07) is 4.74. The molecule has 104 valence electrons. The molecule has 0 bridgehead atoms. The van der Waals surface area contributed by atoms with Crippen molar-refractivity contribution in [3.63, 3.8) is 0 Å². The molecule has 0 fully saturated rings. The first kappa shape index (κ1) is 13.9. The van der Waals surface area contributed by atoms with E-state index in [0.29, 0.717) is 6.54 Å². The molecule has 8 nitrogen and oxygen atoms in total. The van der Waals surface area contributed by atoms with Crippen LogP contribution < -0.4 is 5.32 Å². The van der Waals surface area contributed by atoms with Gasteiger partial charge >= 0.3 is 5.97 Å². The smallest absolute Gasteiger partial charge is 0.358 e. The summed E-state index contributed by atoms with van der Waals surface area (Å²) in [7, 11) is 0. The summed E-state index contributed by atoms with van der Waals surface area (Å²) < 4.78 is 1.33. The van der Waals surface area contributed by atoms with Gasteiger partial charge in [0.05, 0.1) is 12.7 Å². The number of amides is 1. The van der Waals surface area contributed by atoms with Crippen molar-refractivity contribution >= 4 is 23.5 Å². The van der Waals surface area contributed by atoms with E-state index in [2.05, 4.69) is 20.6 Å². The van der Waals surface area contributed by atoms with E-state index in [-0.39, 0.29) is 29.0 Å². The molecule has 0 saturated carbocycles. The Bertz CT molecular complexity index is 642. The van der Waals surface area contributed by atoms with Crippen molar-refractivity contribution in [2.75, 3.05) is 6.54 Å². The molecular weight excluding hydrogens is 286 g/mol. The van der Waals surface area contributed by atoms with Crippen LogP contribution in [0, 0.1) is 0 Å². The molecule has 0 radical (unpaired) electrons. The molecule has 2 aromatic rings. The number of nitrogens with zero attached hydrogens (tertiary/aromatic N) is 4. The van der Waals surface area contributed by atoms with Crippen LogP contribution in [0.4, 0.5) is 0 Å². The lowest BCUT2D eigenvalue weighted by molar-refractivity contribution is 0.0690. The van der Waals surface area contributed by atoms with Gasteiger partial charge in [0.2, 0.25) is 0 Å². The largest absolute Gasteiger partial charge is 0.476 e. The van der Waals surface area contributed by atoms with Crippen LogP contribution in [0.25, 0.3) is 0 Å². The van der Waals surface area contributed by atoms with Crippen LogP contribution in [0.3, 0.4) is 0 Å². The average molecular weight is 296 g/mol. The Hall–Kier alpha value is -2.48. The van der Waals surface area contributed by atoms with Gasteiger partial charge in [0.25, 0.3) is 5.91 Å². The number of halogens is 1. The molecule has 0 aromatic carbocycles. The summed E-state index contributed by atoms with van der Waals surface area (Å²) in [6.45, 7) is 0.558. The number of carbonyl (C=O) groups is 2. The van der Waals surface area contributed by atoms with E-state index in [1.807, 2.05) is 0 Å². The fourth-order valence-electron chi connectivity index (χ4n) is 1.41.